The van der Waals surface area contributed by atoms with Crippen LogP contribution < -0.4 is 10.5 Å². The molecule has 92 valence electrons. The first kappa shape index (κ1) is 11.0. The summed E-state index contributed by atoms with van der Waals surface area (Å²) in [5.74, 6) is 1.56. The molecule has 0 aliphatic heterocycles. The fourth-order valence-electron chi connectivity index (χ4n) is 1.90. The van der Waals surface area contributed by atoms with E-state index in [1.54, 1.807) is 19.2 Å². The highest BCUT2D eigenvalue weighted by molar-refractivity contribution is 6.33. The van der Waals surface area contributed by atoms with Gasteiger partial charge in [-0.05, 0) is 12.1 Å². The van der Waals surface area contributed by atoms with Gasteiger partial charge in [0, 0.05) is 28.7 Å². The van der Waals surface area contributed by atoms with Gasteiger partial charge in [0.15, 0.2) is 11.6 Å². The van der Waals surface area contributed by atoms with Crippen molar-refractivity contribution in [2.45, 2.75) is 0 Å². The number of rotatable bonds is 2. The second-order valence-electron chi connectivity index (χ2n) is 3.85. The first-order valence-electron chi connectivity index (χ1n) is 5.26. The third-order valence-electron chi connectivity index (χ3n) is 2.75. The van der Waals surface area contributed by atoms with Crippen LogP contribution in [-0.4, -0.2) is 17.3 Å². The summed E-state index contributed by atoms with van der Waals surface area (Å²) in [4.78, 5) is 3.12. The number of ether oxygens (including phenoxy) is 1. The summed E-state index contributed by atoms with van der Waals surface area (Å²) in [6.45, 7) is 0. The van der Waals surface area contributed by atoms with Gasteiger partial charge >= 0.3 is 0 Å². The second-order valence-corrected chi connectivity index (χ2v) is 4.26. The fraction of sp³-hybridized carbons (Fsp3) is 0.0833. The molecule has 0 saturated heterocycles. The molecule has 2 aromatic heterocycles. The Kier molecular flexibility index (Phi) is 2.41. The molecule has 6 heteroatoms. The van der Waals surface area contributed by atoms with Gasteiger partial charge in [0.2, 0.25) is 0 Å². The van der Waals surface area contributed by atoms with E-state index >= 15 is 0 Å². The molecule has 5 nitrogen and oxygen atoms in total. The topological polar surface area (TPSA) is 77.1 Å². The highest BCUT2D eigenvalue weighted by Crippen LogP contribution is 2.35. The normalized spacial score (nSPS) is 11.0. The van der Waals surface area contributed by atoms with Crippen molar-refractivity contribution < 1.29 is 9.26 Å². The monoisotopic (exact) mass is 263 g/mol. The van der Waals surface area contributed by atoms with Gasteiger partial charge in [-0.1, -0.05) is 16.8 Å². The van der Waals surface area contributed by atoms with Crippen molar-refractivity contribution in [1.82, 2.24) is 10.1 Å². The molecule has 0 aliphatic rings. The minimum Gasteiger partial charge on any atom is -0.495 e. The molecule has 0 saturated carbocycles. The molecule has 0 radical (unpaired) electrons. The largest absolute Gasteiger partial charge is 0.495 e. The maximum absolute atomic E-state index is 6.06. The molecule has 3 rings (SSSR count). The molecule has 1 aromatic carbocycles. The molecular weight excluding hydrogens is 254 g/mol. The molecule has 0 unspecified atom stereocenters. The van der Waals surface area contributed by atoms with Crippen LogP contribution in [0.5, 0.6) is 5.75 Å². The summed E-state index contributed by atoms with van der Waals surface area (Å²) in [7, 11) is 1.58. The van der Waals surface area contributed by atoms with Crippen molar-refractivity contribution in [2.75, 3.05) is 12.8 Å². The van der Waals surface area contributed by atoms with Gasteiger partial charge < -0.3 is 20.0 Å². The van der Waals surface area contributed by atoms with Crippen molar-refractivity contribution >= 4 is 28.3 Å². The van der Waals surface area contributed by atoms with E-state index in [-0.39, 0.29) is 0 Å². The fourth-order valence-corrected chi connectivity index (χ4v) is 2.14. The first-order chi connectivity index (χ1) is 8.69. The highest BCUT2D eigenvalue weighted by Gasteiger charge is 2.13. The number of hydrogen-bond acceptors (Lipinski definition) is 4. The van der Waals surface area contributed by atoms with Crippen LogP contribution in [0.1, 0.15) is 0 Å². The van der Waals surface area contributed by atoms with Crippen LogP contribution in [-0.2, 0) is 0 Å². The Morgan fingerprint density at radius 2 is 2.22 bits per heavy atom. The Morgan fingerprint density at radius 3 is 2.89 bits per heavy atom. The lowest BCUT2D eigenvalue weighted by atomic mass is 10.1. The number of benzene rings is 1. The van der Waals surface area contributed by atoms with Gasteiger partial charge in [-0.2, -0.15) is 0 Å². The van der Waals surface area contributed by atoms with E-state index in [2.05, 4.69) is 10.1 Å². The zero-order chi connectivity index (χ0) is 12.7. The number of anilines is 1. The second kappa shape index (κ2) is 3.96. The summed E-state index contributed by atoms with van der Waals surface area (Å²) < 4.78 is 10.4. The molecule has 0 spiro atoms. The van der Waals surface area contributed by atoms with E-state index in [9.17, 15) is 0 Å². The third kappa shape index (κ3) is 1.60. The average molecular weight is 264 g/mol. The van der Waals surface area contributed by atoms with Gasteiger partial charge in [-0.3, -0.25) is 0 Å². The first-order valence-corrected chi connectivity index (χ1v) is 5.64. The number of nitrogen functional groups attached to an aromatic ring is 1. The number of methoxy groups -OCH3 is 1. The molecule has 2 heterocycles. The summed E-state index contributed by atoms with van der Waals surface area (Å²) in [6, 6.07) is 5.32. The molecule has 3 N–H and O–H groups in total. The van der Waals surface area contributed by atoms with Crippen LogP contribution >= 0.6 is 11.6 Å². The van der Waals surface area contributed by atoms with Crippen LogP contribution in [0.4, 0.5) is 5.82 Å². The maximum Gasteiger partial charge on any atom is 0.171 e. The quantitative estimate of drug-likeness (QED) is 0.745. The molecule has 18 heavy (non-hydrogen) atoms. The number of nitrogens with two attached hydrogens (primary N) is 1. The molecule has 0 bridgehead atoms. The van der Waals surface area contributed by atoms with Crippen LogP contribution in [0.15, 0.2) is 28.9 Å². The Balaban J connectivity index is 2.25. The van der Waals surface area contributed by atoms with E-state index in [1.807, 2.05) is 12.3 Å². The van der Waals surface area contributed by atoms with Gasteiger partial charge in [-0.25, -0.2) is 0 Å². The number of nitrogens with one attached hydrogen (secondary N) is 1. The van der Waals surface area contributed by atoms with E-state index in [1.165, 1.54) is 0 Å². The van der Waals surface area contributed by atoms with Crippen LogP contribution in [0.25, 0.3) is 22.2 Å². The SMILES string of the molecule is COc1cc2c(-c3cc(N)no3)c[nH]c2cc1Cl. The molecular formula is C12H10ClN3O2. The highest BCUT2D eigenvalue weighted by atomic mass is 35.5. The molecule has 0 aliphatic carbocycles. The predicted molar refractivity (Wildman–Crippen MR) is 69.8 cm³/mol. The smallest absolute Gasteiger partial charge is 0.171 e. The van der Waals surface area contributed by atoms with Gasteiger partial charge in [0.25, 0.3) is 0 Å². The van der Waals surface area contributed by atoms with Crippen LogP contribution in [0, 0.1) is 0 Å². The summed E-state index contributed by atoms with van der Waals surface area (Å²) in [5, 5.41) is 5.16. The van der Waals surface area contributed by atoms with E-state index in [4.69, 9.17) is 26.6 Å². The van der Waals surface area contributed by atoms with Gasteiger partial charge in [0.1, 0.15) is 5.75 Å². The minimum atomic E-state index is 0.347. The Hall–Kier alpha value is -2.14. The van der Waals surface area contributed by atoms with Crippen LogP contribution in [0.3, 0.4) is 0 Å². The van der Waals surface area contributed by atoms with Crippen LogP contribution in [0.2, 0.25) is 5.02 Å². The van der Waals surface area contributed by atoms with Crippen molar-refractivity contribution in [3.05, 3.63) is 29.4 Å². The van der Waals surface area contributed by atoms with E-state index in [0.717, 1.165) is 16.5 Å². The van der Waals surface area contributed by atoms with E-state index in [0.29, 0.717) is 22.4 Å². The number of hydrogen-bond donors (Lipinski definition) is 2. The Bertz CT molecular complexity index is 717. The van der Waals surface area contributed by atoms with E-state index < -0.39 is 0 Å². The number of halogens is 1. The number of aromatic amines is 1. The molecule has 0 fully saturated rings. The molecule has 0 atom stereocenters. The average Bonchev–Trinajstić information content (AvgIpc) is 2.93. The maximum atomic E-state index is 6.06. The number of aromatic nitrogens is 2. The van der Waals surface area contributed by atoms with Gasteiger partial charge in [-0.15, -0.1) is 0 Å². The van der Waals surface area contributed by atoms with Crippen molar-refractivity contribution in [1.29, 1.82) is 0 Å². The lowest BCUT2D eigenvalue weighted by Crippen LogP contribution is -1.84. The molecule has 0 amide bonds. The zero-order valence-corrected chi connectivity index (χ0v) is 10.3. The van der Waals surface area contributed by atoms with Crippen molar-refractivity contribution in [3.8, 4) is 17.1 Å². The summed E-state index contributed by atoms with van der Waals surface area (Å²) >= 11 is 6.06. The summed E-state index contributed by atoms with van der Waals surface area (Å²) in [5.41, 5.74) is 7.31. The standard InChI is InChI=1S/C12H10ClN3O2/c1-17-11-2-6-7(10-4-12(14)16-18-10)5-15-9(6)3-8(11)13/h2-5,15H,1H3,(H2,14,16). The van der Waals surface area contributed by atoms with Gasteiger partial charge in [0.05, 0.1) is 12.1 Å². The Morgan fingerprint density at radius 1 is 1.39 bits per heavy atom. The number of H-pyrrole nitrogens is 1. The zero-order valence-electron chi connectivity index (χ0n) is 9.53. The number of nitrogens with zero attached hydrogens (tertiary/aromatic N) is 1. The van der Waals surface area contributed by atoms with Crippen molar-refractivity contribution in [3.63, 3.8) is 0 Å². The lowest BCUT2D eigenvalue weighted by molar-refractivity contribution is 0.415. The third-order valence-corrected chi connectivity index (χ3v) is 3.04. The lowest BCUT2D eigenvalue weighted by Gasteiger charge is -2.03. The Labute approximate surface area is 107 Å². The van der Waals surface area contributed by atoms with Crippen molar-refractivity contribution in [2.24, 2.45) is 0 Å². The minimum absolute atomic E-state index is 0.347. The number of fused-ring (bicyclic) bond motifs is 1. The summed E-state index contributed by atoms with van der Waals surface area (Å²) in [6.07, 6.45) is 1.82. The predicted octanol–water partition coefficient (Wildman–Crippen LogP) is 3.07. The molecule has 3 aromatic rings.